The molecule has 12 aliphatic rings. The zero-order valence-electron chi connectivity index (χ0n) is 56.5. The van der Waals surface area contributed by atoms with Gasteiger partial charge in [-0.1, -0.05) is 78.7 Å². The number of nitrogens with zero attached hydrogens (tertiary/aromatic N) is 4. The molecule has 0 aromatic carbocycles. The molecule has 0 heterocycles. The summed E-state index contributed by atoms with van der Waals surface area (Å²) in [4.78, 5) is 13.3. The third kappa shape index (κ3) is 16.0. The number of hydrogen-bond donors (Lipinski definition) is 0. The standard InChI is InChI=1S/C80H138N4/c1-57-11-35-67(36-12-57)81(68-37-13-58(2)14-38-68)71-47-27-63(28-48-71)23-25-65-31-51-75(52-32-65)83(73-43-19-61(5)20-44-73)79-55-56-80(78-10-8-7-9-77(78)79)84(74-45-21-62(6)22-46-74)76-53-33-66(34-54-76)26-24-64-29-49-72(50-30-64)82(69-39-15-59(3)16-40-69)70-41-17-60(4)18-42-70/h23-26,57-80H,7-22,27-56H2,1-6H3/b25-23+,26-24+. The second-order valence-electron chi connectivity index (χ2n) is 34.6. The van der Waals surface area contributed by atoms with Crippen LogP contribution in [0.25, 0.3) is 0 Å². The first kappa shape index (κ1) is 63.5. The molecule has 0 aromatic heterocycles. The van der Waals surface area contributed by atoms with Crippen LogP contribution in [0.3, 0.4) is 0 Å². The minimum absolute atomic E-state index is 0.828. The molecule has 0 saturated heterocycles. The lowest BCUT2D eigenvalue weighted by Crippen LogP contribution is -2.62. The molecule has 4 nitrogen and oxygen atoms in total. The fourth-order valence-corrected chi connectivity index (χ4v) is 23.4. The Morgan fingerprint density at radius 1 is 0.179 bits per heavy atom. The van der Waals surface area contributed by atoms with E-state index in [4.69, 9.17) is 0 Å². The van der Waals surface area contributed by atoms with Gasteiger partial charge in [0.1, 0.15) is 0 Å². The van der Waals surface area contributed by atoms with Crippen LogP contribution in [0.5, 0.6) is 0 Å². The lowest BCUT2D eigenvalue weighted by molar-refractivity contribution is -0.0882. The van der Waals surface area contributed by atoms with Crippen molar-refractivity contribution in [2.24, 2.45) is 71.0 Å². The summed E-state index contributed by atoms with van der Waals surface area (Å²) in [6.45, 7) is 15.2. The predicted molar refractivity (Wildman–Crippen MR) is 359 cm³/mol. The molecule has 12 saturated carbocycles. The van der Waals surface area contributed by atoms with Gasteiger partial charge in [-0.2, -0.15) is 0 Å². The molecule has 4 atom stereocenters. The second kappa shape index (κ2) is 30.6. The van der Waals surface area contributed by atoms with Crippen LogP contribution in [0.1, 0.15) is 337 Å². The molecule has 478 valence electrons. The van der Waals surface area contributed by atoms with E-state index in [9.17, 15) is 0 Å². The van der Waals surface area contributed by atoms with Crippen LogP contribution in [0.2, 0.25) is 0 Å². The minimum Gasteiger partial charge on any atom is -0.294 e. The summed E-state index contributed by atoms with van der Waals surface area (Å²) in [7, 11) is 0. The fourth-order valence-electron chi connectivity index (χ4n) is 23.4. The van der Waals surface area contributed by atoms with Gasteiger partial charge in [0.2, 0.25) is 0 Å². The molecule has 0 bridgehead atoms. The van der Waals surface area contributed by atoms with Crippen molar-refractivity contribution in [1.29, 1.82) is 0 Å². The summed E-state index contributed by atoms with van der Waals surface area (Å²) in [6.07, 6.45) is 79.3. The molecule has 0 aromatic rings. The lowest BCUT2D eigenvalue weighted by Gasteiger charge is -2.59. The summed E-state index contributed by atoms with van der Waals surface area (Å²) in [5, 5.41) is 0. The van der Waals surface area contributed by atoms with Crippen LogP contribution in [0.4, 0.5) is 0 Å². The predicted octanol–water partition coefficient (Wildman–Crippen LogP) is 21.4. The van der Waals surface area contributed by atoms with Crippen LogP contribution in [0.15, 0.2) is 24.3 Å². The van der Waals surface area contributed by atoms with E-state index in [0.29, 0.717) is 0 Å². The Morgan fingerprint density at radius 2 is 0.345 bits per heavy atom. The maximum atomic E-state index is 3.42. The molecule has 12 aliphatic carbocycles. The number of rotatable bonds is 16. The summed E-state index contributed by atoms with van der Waals surface area (Å²) in [6, 6.07) is 10.3. The third-order valence-corrected chi connectivity index (χ3v) is 28.8. The molecule has 0 N–H and O–H groups in total. The number of fused-ring (bicyclic) bond motifs is 1. The van der Waals surface area contributed by atoms with Crippen LogP contribution in [0, 0.1) is 71.0 Å². The van der Waals surface area contributed by atoms with Gasteiger partial charge in [-0.05, 0) is 354 Å². The van der Waals surface area contributed by atoms with Gasteiger partial charge in [-0.15, -0.1) is 0 Å². The Kier molecular flexibility index (Phi) is 23.1. The highest BCUT2D eigenvalue weighted by molar-refractivity contribution is 5.07. The van der Waals surface area contributed by atoms with Gasteiger partial charge in [0, 0.05) is 72.5 Å². The van der Waals surface area contributed by atoms with Crippen LogP contribution < -0.4 is 0 Å². The Labute approximate surface area is 521 Å². The van der Waals surface area contributed by atoms with Crippen molar-refractivity contribution in [2.75, 3.05) is 0 Å². The van der Waals surface area contributed by atoms with Crippen molar-refractivity contribution in [3.05, 3.63) is 24.3 Å². The topological polar surface area (TPSA) is 13.0 Å². The average Bonchev–Trinajstić information content (AvgIpc) is 1.87. The zero-order chi connectivity index (χ0) is 57.5. The molecule has 0 radical (unpaired) electrons. The highest BCUT2D eigenvalue weighted by Crippen LogP contribution is 2.51. The summed E-state index contributed by atoms with van der Waals surface area (Å²) >= 11 is 0. The van der Waals surface area contributed by atoms with Gasteiger partial charge in [0.05, 0.1) is 0 Å². The molecule has 0 spiro atoms. The molecule has 4 unspecified atom stereocenters. The Balaban J connectivity index is 0.660. The van der Waals surface area contributed by atoms with Crippen molar-refractivity contribution in [3.63, 3.8) is 0 Å². The van der Waals surface area contributed by atoms with E-state index in [1.54, 1.807) is 0 Å². The normalized spacial score (nSPS) is 46.3. The monoisotopic (exact) mass is 1160 g/mol. The van der Waals surface area contributed by atoms with Crippen molar-refractivity contribution >= 4 is 0 Å². The zero-order valence-corrected chi connectivity index (χ0v) is 56.5. The largest absolute Gasteiger partial charge is 0.294 e. The van der Waals surface area contributed by atoms with E-state index in [0.717, 1.165) is 144 Å². The first-order chi connectivity index (χ1) is 41.1. The van der Waals surface area contributed by atoms with E-state index in [-0.39, 0.29) is 0 Å². The Morgan fingerprint density at radius 3 is 0.536 bits per heavy atom. The van der Waals surface area contributed by atoms with Crippen molar-refractivity contribution in [2.45, 2.75) is 409 Å². The van der Waals surface area contributed by atoms with Gasteiger partial charge in [0.15, 0.2) is 0 Å². The van der Waals surface area contributed by atoms with E-state index >= 15 is 0 Å². The van der Waals surface area contributed by atoms with E-state index in [2.05, 4.69) is 85.4 Å². The highest BCUT2D eigenvalue weighted by atomic mass is 15.3. The number of hydrogen-bond acceptors (Lipinski definition) is 4. The Hall–Kier alpha value is -0.680. The maximum Gasteiger partial charge on any atom is 0.0133 e. The molecule has 12 rings (SSSR count). The smallest absolute Gasteiger partial charge is 0.0133 e. The molecule has 0 aliphatic heterocycles. The van der Waals surface area contributed by atoms with Gasteiger partial charge in [0.25, 0.3) is 0 Å². The molecule has 0 amide bonds. The molecule has 4 heteroatoms. The van der Waals surface area contributed by atoms with Crippen LogP contribution in [-0.4, -0.2) is 92.1 Å². The number of allylic oxidation sites excluding steroid dienone is 4. The van der Waals surface area contributed by atoms with E-state index in [1.165, 1.54) is 295 Å². The Bertz CT molecular complexity index is 1750. The quantitative estimate of drug-likeness (QED) is 0.143. The van der Waals surface area contributed by atoms with Crippen LogP contribution >= 0.6 is 0 Å². The molecule has 84 heavy (non-hydrogen) atoms. The molecule has 12 fully saturated rings. The van der Waals surface area contributed by atoms with E-state index in [1.807, 2.05) is 0 Å². The minimum atomic E-state index is 0.828. The first-order valence-corrected chi connectivity index (χ1v) is 39.5. The summed E-state index contributed by atoms with van der Waals surface area (Å²) < 4.78 is 0. The van der Waals surface area contributed by atoms with Crippen molar-refractivity contribution in [3.8, 4) is 0 Å². The van der Waals surface area contributed by atoms with Gasteiger partial charge in [-0.3, -0.25) is 19.6 Å². The second-order valence-corrected chi connectivity index (χ2v) is 34.6. The molecular formula is C80H138N4. The average molecular weight is 1160 g/mol. The maximum absolute atomic E-state index is 3.42. The van der Waals surface area contributed by atoms with E-state index < -0.39 is 0 Å². The van der Waals surface area contributed by atoms with Gasteiger partial charge in [-0.25, -0.2) is 0 Å². The fraction of sp³-hybridized carbons (Fsp3) is 0.950. The first-order valence-electron chi connectivity index (χ1n) is 39.5. The SMILES string of the molecule is CC1CCC(N(C2CCC(C)CC2)C2CCC(/C=C/C3CCC(N(C4CCC(C)CC4)C4CCC(N(C5CCC(C)CC5)C5CCC(/C=C/C6CCC(N(C7CCC(C)CC7)C7CCC(C)CC7)CC6)CC5)C5CCCCC54)CC3)CC2)CC1. The highest BCUT2D eigenvalue weighted by Gasteiger charge is 2.51. The lowest BCUT2D eigenvalue weighted by atomic mass is 9.63. The summed E-state index contributed by atoms with van der Waals surface area (Å²) in [5.74, 6) is 10.9. The molecular weight excluding hydrogens is 1020 g/mol. The third-order valence-electron chi connectivity index (χ3n) is 28.8. The van der Waals surface area contributed by atoms with Crippen molar-refractivity contribution < 1.29 is 0 Å². The van der Waals surface area contributed by atoms with Crippen molar-refractivity contribution in [1.82, 2.24) is 19.6 Å². The summed E-state index contributed by atoms with van der Waals surface area (Å²) in [5.41, 5.74) is 0. The van der Waals surface area contributed by atoms with Gasteiger partial charge < -0.3 is 0 Å². The van der Waals surface area contributed by atoms with Gasteiger partial charge >= 0.3 is 0 Å². The van der Waals surface area contributed by atoms with Crippen LogP contribution in [-0.2, 0) is 0 Å².